The molecular weight excluding hydrogens is 368 g/mol. The number of esters is 2. The number of carbonyl (C=O) groups is 2. The molecule has 2 saturated carbocycles. The van der Waals surface area contributed by atoms with Crippen molar-refractivity contribution in [1.29, 1.82) is 0 Å². The fourth-order valence-corrected chi connectivity index (χ4v) is 7.09. The van der Waals surface area contributed by atoms with E-state index in [-0.39, 0.29) is 46.5 Å². The summed E-state index contributed by atoms with van der Waals surface area (Å²) in [6.07, 6.45) is 5.93. The van der Waals surface area contributed by atoms with Gasteiger partial charge in [-0.25, -0.2) is 0 Å². The van der Waals surface area contributed by atoms with Gasteiger partial charge in [-0.1, -0.05) is 26.8 Å². The standard InChI is InChI=1S/C24H38O5/c1-9-23(7)20(28-16(3)26)14-18-22(6)12-11-19(27-15(2)25)21(4,5)17(22)10-13-24(18,8)29-23/h9,17-20H,1,10-14H2,2-8H3. The molecule has 0 aromatic heterocycles. The van der Waals surface area contributed by atoms with Gasteiger partial charge in [0.25, 0.3) is 0 Å². The maximum Gasteiger partial charge on any atom is 0.303 e. The molecule has 0 amide bonds. The highest BCUT2D eigenvalue weighted by molar-refractivity contribution is 5.66. The van der Waals surface area contributed by atoms with Crippen LogP contribution >= 0.6 is 0 Å². The van der Waals surface area contributed by atoms with Gasteiger partial charge >= 0.3 is 11.9 Å². The topological polar surface area (TPSA) is 61.8 Å². The van der Waals surface area contributed by atoms with Gasteiger partial charge in [-0.15, -0.1) is 6.58 Å². The summed E-state index contributed by atoms with van der Waals surface area (Å²) < 4.78 is 18.2. The second kappa shape index (κ2) is 7.11. The molecule has 5 nitrogen and oxygen atoms in total. The van der Waals surface area contributed by atoms with Gasteiger partial charge in [-0.05, 0) is 63.2 Å². The molecule has 0 aromatic rings. The Hall–Kier alpha value is -1.36. The molecule has 0 bridgehead atoms. The zero-order valence-electron chi connectivity index (χ0n) is 19.2. The monoisotopic (exact) mass is 406 g/mol. The SMILES string of the molecule is C=CC1(C)OC2(C)CCC3C(C)(C)C(OC(C)=O)CCC3(C)C2CC1OC(C)=O. The van der Waals surface area contributed by atoms with Crippen LogP contribution in [0.15, 0.2) is 12.7 Å². The van der Waals surface area contributed by atoms with E-state index in [9.17, 15) is 9.59 Å². The molecule has 1 aliphatic heterocycles. The maximum atomic E-state index is 11.8. The number of hydrogen-bond donors (Lipinski definition) is 0. The van der Waals surface area contributed by atoms with E-state index in [0.717, 1.165) is 32.1 Å². The Bertz CT molecular complexity index is 699. The van der Waals surface area contributed by atoms with Crippen molar-refractivity contribution in [3.63, 3.8) is 0 Å². The van der Waals surface area contributed by atoms with Crippen LogP contribution in [-0.2, 0) is 23.8 Å². The molecule has 0 spiro atoms. The van der Waals surface area contributed by atoms with Crippen molar-refractivity contribution in [2.24, 2.45) is 22.7 Å². The molecule has 0 radical (unpaired) electrons. The lowest BCUT2D eigenvalue weighted by molar-refractivity contribution is -0.291. The van der Waals surface area contributed by atoms with Crippen molar-refractivity contribution in [3.05, 3.63) is 12.7 Å². The Labute approximate surface area is 175 Å². The van der Waals surface area contributed by atoms with Crippen molar-refractivity contribution in [3.8, 4) is 0 Å². The number of carbonyl (C=O) groups excluding carboxylic acids is 2. The molecule has 29 heavy (non-hydrogen) atoms. The average molecular weight is 407 g/mol. The Morgan fingerprint density at radius 2 is 1.52 bits per heavy atom. The molecular formula is C24H38O5. The van der Waals surface area contributed by atoms with Crippen molar-refractivity contribution in [2.45, 2.75) is 104 Å². The molecule has 0 N–H and O–H groups in total. The van der Waals surface area contributed by atoms with Crippen LogP contribution in [0.2, 0.25) is 0 Å². The smallest absolute Gasteiger partial charge is 0.303 e. The predicted molar refractivity (Wildman–Crippen MR) is 111 cm³/mol. The van der Waals surface area contributed by atoms with Gasteiger partial charge in [0.15, 0.2) is 0 Å². The zero-order valence-corrected chi connectivity index (χ0v) is 19.2. The Morgan fingerprint density at radius 3 is 2.07 bits per heavy atom. The maximum absolute atomic E-state index is 11.8. The molecule has 1 saturated heterocycles. The second-order valence-electron chi connectivity index (χ2n) is 10.7. The van der Waals surface area contributed by atoms with Crippen molar-refractivity contribution in [1.82, 2.24) is 0 Å². The third kappa shape index (κ3) is 3.54. The van der Waals surface area contributed by atoms with Crippen molar-refractivity contribution >= 4 is 11.9 Å². The van der Waals surface area contributed by atoms with Gasteiger partial charge in [0.2, 0.25) is 0 Å². The summed E-state index contributed by atoms with van der Waals surface area (Å²) in [5.74, 6) is 0.168. The minimum absolute atomic E-state index is 0.0219. The summed E-state index contributed by atoms with van der Waals surface area (Å²) in [7, 11) is 0. The quantitative estimate of drug-likeness (QED) is 0.496. The van der Waals surface area contributed by atoms with Crippen molar-refractivity contribution in [2.75, 3.05) is 0 Å². The molecule has 7 unspecified atom stereocenters. The van der Waals surface area contributed by atoms with Gasteiger partial charge in [0, 0.05) is 19.3 Å². The highest BCUT2D eigenvalue weighted by Gasteiger charge is 2.65. The molecule has 3 aliphatic rings. The van der Waals surface area contributed by atoms with Crippen LogP contribution in [0, 0.1) is 22.7 Å². The highest BCUT2D eigenvalue weighted by atomic mass is 16.6. The van der Waals surface area contributed by atoms with Crippen molar-refractivity contribution < 1.29 is 23.8 Å². The van der Waals surface area contributed by atoms with Crippen LogP contribution in [0.3, 0.4) is 0 Å². The molecule has 1 heterocycles. The molecule has 7 atom stereocenters. The Kier molecular flexibility index (Phi) is 5.47. The van der Waals surface area contributed by atoms with E-state index in [2.05, 4.69) is 34.3 Å². The summed E-state index contributed by atoms with van der Waals surface area (Å²) >= 11 is 0. The van der Waals surface area contributed by atoms with Gasteiger partial charge in [-0.3, -0.25) is 9.59 Å². The Balaban J connectivity index is 1.96. The molecule has 3 fully saturated rings. The van der Waals surface area contributed by atoms with Crippen LogP contribution in [0.1, 0.15) is 80.6 Å². The van der Waals surface area contributed by atoms with E-state index in [1.165, 1.54) is 13.8 Å². The van der Waals surface area contributed by atoms with E-state index in [4.69, 9.17) is 14.2 Å². The molecule has 2 aliphatic carbocycles. The lowest BCUT2D eigenvalue weighted by Gasteiger charge is -2.66. The van der Waals surface area contributed by atoms with Gasteiger partial charge in [-0.2, -0.15) is 0 Å². The summed E-state index contributed by atoms with van der Waals surface area (Å²) in [6, 6.07) is 0. The fraction of sp³-hybridized carbons (Fsp3) is 0.833. The summed E-state index contributed by atoms with van der Waals surface area (Å²) in [5, 5.41) is 0. The van der Waals surface area contributed by atoms with E-state index in [1.54, 1.807) is 6.08 Å². The molecule has 164 valence electrons. The second-order valence-corrected chi connectivity index (χ2v) is 10.7. The number of fused-ring (bicyclic) bond motifs is 3. The zero-order chi connectivity index (χ0) is 21.8. The number of rotatable bonds is 3. The van der Waals surface area contributed by atoms with Crippen LogP contribution in [0.5, 0.6) is 0 Å². The third-order valence-corrected chi connectivity index (χ3v) is 8.50. The van der Waals surface area contributed by atoms with Crippen LogP contribution in [-0.4, -0.2) is 35.3 Å². The van der Waals surface area contributed by atoms with Gasteiger partial charge in [0.1, 0.15) is 17.8 Å². The minimum atomic E-state index is -0.690. The largest absolute Gasteiger partial charge is 0.462 e. The predicted octanol–water partition coefficient (Wildman–Crippen LogP) is 4.83. The Morgan fingerprint density at radius 1 is 0.931 bits per heavy atom. The lowest BCUT2D eigenvalue weighted by atomic mass is 9.43. The van der Waals surface area contributed by atoms with Crippen LogP contribution in [0.25, 0.3) is 0 Å². The third-order valence-electron chi connectivity index (χ3n) is 8.50. The number of hydrogen-bond acceptors (Lipinski definition) is 5. The summed E-state index contributed by atoms with van der Waals surface area (Å²) in [6.45, 7) is 18.0. The van der Waals surface area contributed by atoms with E-state index >= 15 is 0 Å². The molecule has 5 heteroatoms. The van der Waals surface area contributed by atoms with E-state index < -0.39 is 5.60 Å². The van der Waals surface area contributed by atoms with Crippen LogP contribution < -0.4 is 0 Å². The van der Waals surface area contributed by atoms with Crippen LogP contribution in [0.4, 0.5) is 0 Å². The van der Waals surface area contributed by atoms with Gasteiger partial charge in [0.05, 0.1) is 5.60 Å². The average Bonchev–Trinajstić information content (AvgIpc) is 2.58. The minimum Gasteiger partial charge on any atom is -0.462 e. The lowest BCUT2D eigenvalue weighted by Crippen LogP contribution is -2.67. The van der Waals surface area contributed by atoms with E-state index in [0.29, 0.717) is 5.92 Å². The first kappa shape index (κ1) is 22.3. The first-order valence-electron chi connectivity index (χ1n) is 11.0. The fourth-order valence-electron chi connectivity index (χ4n) is 7.09. The first-order valence-corrected chi connectivity index (χ1v) is 11.0. The van der Waals surface area contributed by atoms with Gasteiger partial charge < -0.3 is 14.2 Å². The number of ether oxygens (including phenoxy) is 3. The molecule has 0 aromatic carbocycles. The van der Waals surface area contributed by atoms with E-state index in [1.807, 2.05) is 6.92 Å². The normalized spacial score (nSPS) is 46.0. The molecule has 3 rings (SSSR count). The highest BCUT2D eigenvalue weighted by Crippen LogP contribution is 2.66. The summed E-state index contributed by atoms with van der Waals surface area (Å²) in [5.41, 5.74) is -1.08. The first-order chi connectivity index (χ1) is 13.3. The summed E-state index contributed by atoms with van der Waals surface area (Å²) in [4.78, 5) is 23.5.